The summed E-state index contributed by atoms with van der Waals surface area (Å²) >= 11 is 0. The highest BCUT2D eigenvalue weighted by molar-refractivity contribution is 5.95. The lowest BCUT2D eigenvalue weighted by molar-refractivity contribution is -0.162. The standard InChI is InChI=1S/C23H32O6/c1-23(2,3)29-22(26)18-9-7-6-8-17(18)16-12-10-15(11-13-16)14-19(20(24)27-4)21(25)28-5/h10-13,17-19H,6-9,14H2,1-5H3/t17?,18-/m1/s1. The maximum absolute atomic E-state index is 12.7. The normalized spacial score (nSPS) is 19.5. The Morgan fingerprint density at radius 2 is 1.52 bits per heavy atom. The lowest BCUT2D eigenvalue weighted by Crippen LogP contribution is -2.33. The summed E-state index contributed by atoms with van der Waals surface area (Å²) in [5, 5.41) is 0. The van der Waals surface area contributed by atoms with Crippen molar-refractivity contribution in [3.8, 4) is 0 Å². The average molecular weight is 405 g/mol. The number of hydrogen-bond donors (Lipinski definition) is 0. The van der Waals surface area contributed by atoms with E-state index in [2.05, 4.69) is 0 Å². The minimum absolute atomic E-state index is 0.115. The van der Waals surface area contributed by atoms with E-state index >= 15 is 0 Å². The van der Waals surface area contributed by atoms with Crippen LogP contribution in [0, 0.1) is 11.8 Å². The fourth-order valence-electron chi connectivity index (χ4n) is 3.87. The molecular formula is C23H32O6. The van der Waals surface area contributed by atoms with Gasteiger partial charge in [0.25, 0.3) is 0 Å². The zero-order chi connectivity index (χ0) is 21.6. The highest BCUT2D eigenvalue weighted by atomic mass is 16.6. The van der Waals surface area contributed by atoms with Gasteiger partial charge < -0.3 is 14.2 Å². The van der Waals surface area contributed by atoms with Crippen LogP contribution in [-0.4, -0.2) is 37.7 Å². The van der Waals surface area contributed by atoms with E-state index in [9.17, 15) is 14.4 Å². The number of methoxy groups -OCH3 is 2. The first-order chi connectivity index (χ1) is 13.7. The third kappa shape index (κ3) is 6.31. The van der Waals surface area contributed by atoms with Crippen molar-refractivity contribution in [1.82, 2.24) is 0 Å². The second kappa shape index (κ2) is 9.90. The fourth-order valence-corrected chi connectivity index (χ4v) is 3.87. The van der Waals surface area contributed by atoms with Gasteiger partial charge in [-0.2, -0.15) is 0 Å². The van der Waals surface area contributed by atoms with Crippen molar-refractivity contribution in [2.75, 3.05) is 14.2 Å². The van der Waals surface area contributed by atoms with Gasteiger partial charge in [0.15, 0.2) is 5.92 Å². The Labute approximate surface area is 172 Å². The number of esters is 3. The zero-order valence-electron chi connectivity index (χ0n) is 18.0. The first kappa shape index (κ1) is 22.9. The van der Waals surface area contributed by atoms with Crippen LogP contribution in [0.3, 0.4) is 0 Å². The van der Waals surface area contributed by atoms with E-state index in [1.165, 1.54) is 14.2 Å². The molecule has 1 fully saturated rings. The monoisotopic (exact) mass is 404 g/mol. The lowest BCUT2D eigenvalue weighted by Gasteiger charge is -2.32. The molecular weight excluding hydrogens is 372 g/mol. The quantitative estimate of drug-likeness (QED) is 0.408. The maximum Gasteiger partial charge on any atom is 0.320 e. The molecule has 0 spiro atoms. The number of ether oxygens (including phenoxy) is 3. The van der Waals surface area contributed by atoms with Crippen molar-refractivity contribution in [2.24, 2.45) is 11.8 Å². The largest absolute Gasteiger partial charge is 0.468 e. The Kier molecular flexibility index (Phi) is 7.82. The predicted octanol–water partition coefficient (Wildman–Crippen LogP) is 3.81. The second-order valence-corrected chi connectivity index (χ2v) is 8.58. The molecule has 1 aliphatic carbocycles. The molecule has 0 bridgehead atoms. The van der Waals surface area contributed by atoms with E-state index in [0.717, 1.165) is 36.8 Å². The highest BCUT2D eigenvalue weighted by Gasteiger charge is 2.35. The Bertz CT molecular complexity index is 700. The molecule has 29 heavy (non-hydrogen) atoms. The topological polar surface area (TPSA) is 78.9 Å². The molecule has 6 heteroatoms. The third-order valence-corrected chi connectivity index (χ3v) is 5.29. The Balaban J connectivity index is 2.15. The van der Waals surface area contributed by atoms with Crippen LogP contribution in [-0.2, 0) is 35.0 Å². The van der Waals surface area contributed by atoms with Crippen LogP contribution < -0.4 is 0 Å². The summed E-state index contributed by atoms with van der Waals surface area (Å²) in [6.07, 6.45) is 4.08. The van der Waals surface area contributed by atoms with Gasteiger partial charge in [-0.1, -0.05) is 37.1 Å². The Morgan fingerprint density at radius 1 is 0.966 bits per heavy atom. The summed E-state index contributed by atoms with van der Waals surface area (Å²) in [5.41, 5.74) is 1.41. The van der Waals surface area contributed by atoms with Crippen molar-refractivity contribution in [1.29, 1.82) is 0 Å². The van der Waals surface area contributed by atoms with E-state index in [-0.39, 0.29) is 24.2 Å². The van der Waals surface area contributed by atoms with E-state index in [1.807, 2.05) is 45.0 Å². The first-order valence-electron chi connectivity index (χ1n) is 10.1. The van der Waals surface area contributed by atoms with Crippen LogP contribution in [0.1, 0.15) is 63.5 Å². The molecule has 1 saturated carbocycles. The van der Waals surface area contributed by atoms with Gasteiger partial charge in [-0.25, -0.2) is 0 Å². The van der Waals surface area contributed by atoms with Gasteiger partial charge in [0.1, 0.15) is 5.60 Å². The number of benzene rings is 1. The van der Waals surface area contributed by atoms with Crippen LogP contribution in [0.5, 0.6) is 0 Å². The molecule has 2 atom stereocenters. The van der Waals surface area contributed by atoms with Gasteiger partial charge in [-0.05, 0) is 57.1 Å². The van der Waals surface area contributed by atoms with Crippen molar-refractivity contribution in [3.05, 3.63) is 35.4 Å². The molecule has 0 N–H and O–H groups in total. The third-order valence-electron chi connectivity index (χ3n) is 5.29. The van der Waals surface area contributed by atoms with Crippen LogP contribution in [0.25, 0.3) is 0 Å². The molecule has 0 aromatic heterocycles. The van der Waals surface area contributed by atoms with E-state index in [4.69, 9.17) is 14.2 Å². The Morgan fingerprint density at radius 3 is 2.03 bits per heavy atom. The molecule has 2 rings (SSSR count). The van der Waals surface area contributed by atoms with Crippen LogP contribution in [0.15, 0.2) is 24.3 Å². The Hall–Kier alpha value is -2.37. The number of hydrogen-bond acceptors (Lipinski definition) is 6. The highest BCUT2D eigenvalue weighted by Crippen LogP contribution is 2.39. The summed E-state index contributed by atoms with van der Waals surface area (Å²) in [5.74, 6) is -2.38. The maximum atomic E-state index is 12.7. The molecule has 6 nitrogen and oxygen atoms in total. The molecule has 0 amide bonds. The van der Waals surface area contributed by atoms with E-state index in [0.29, 0.717) is 0 Å². The first-order valence-corrected chi connectivity index (χ1v) is 10.1. The smallest absolute Gasteiger partial charge is 0.320 e. The van der Waals surface area contributed by atoms with Gasteiger partial charge >= 0.3 is 17.9 Å². The molecule has 0 aliphatic heterocycles. The summed E-state index contributed by atoms with van der Waals surface area (Å²) in [6, 6.07) is 7.76. The molecule has 1 aliphatic rings. The average Bonchev–Trinajstić information content (AvgIpc) is 2.70. The fraction of sp³-hybridized carbons (Fsp3) is 0.609. The van der Waals surface area contributed by atoms with Crippen LogP contribution >= 0.6 is 0 Å². The molecule has 0 heterocycles. The molecule has 1 aromatic carbocycles. The van der Waals surface area contributed by atoms with Crippen molar-refractivity contribution in [2.45, 2.75) is 64.4 Å². The van der Waals surface area contributed by atoms with Gasteiger partial charge in [-0.15, -0.1) is 0 Å². The number of carbonyl (C=O) groups excluding carboxylic acids is 3. The van der Waals surface area contributed by atoms with E-state index < -0.39 is 23.5 Å². The minimum atomic E-state index is -0.986. The predicted molar refractivity (Wildman–Crippen MR) is 108 cm³/mol. The molecule has 0 radical (unpaired) electrons. The summed E-state index contributed by atoms with van der Waals surface area (Å²) in [6.45, 7) is 5.66. The van der Waals surface area contributed by atoms with Crippen molar-refractivity contribution in [3.63, 3.8) is 0 Å². The van der Waals surface area contributed by atoms with Crippen molar-refractivity contribution < 1.29 is 28.6 Å². The summed E-state index contributed by atoms with van der Waals surface area (Å²) in [7, 11) is 2.50. The van der Waals surface area contributed by atoms with Crippen LogP contribution in [0.2, 0.25) is 0 Å². The zero-order valence-corrected chi connectivity index (χ0v) is 18.0. The van der Waals surface area contributed by atoms with Gasteiger partial charge in [0.05, 0.1) is 20.1 Å². The molecule has 1 aromatic rings. The molecule has 160 valence electrons. The number of rotatable bonds is 6. The molecule has 0 saturated heterocycles. The SMILES string of the molecule is COC(=O)C(Cc1ccc(C2CCCC[C@H]2C(=O)OC(C)(C)C)cc1)C(=O)OC. The molecule has 1 unspecified atom stereocenters. The van der Waals surface area contributed by atoms with Crippen molar-refractivity contribution >= 4 is 17.9 Å². The van der Waals surface area contributed by atoms with Gasteiger partial charge in [-0.3, -0.25) is 14.4 Å². The minimum Gasteiger partial charge on any atom is -0.468 e. The lowest BCUT2D eigenvalue weighted by atomic mass is 9.75. The summed E-state index contributed by atoms with van der Waals surface area (Å²) < 4.78 is 15.1. The second-order valence-electron chi connectivity index (χ2n) is 8.58. The van der Waals surface area contributed by atoms with Gasteiger partial charge in [0, 0.05) is 0 Å². The van der Waals surface area contributed by atoms with E-state index in [1.54, 1.807) is 0 Å². The van der Waals surface area contributed by atoms with Gasteiger partial charge in [0.2, 0.25) is 0 Å². The van der Waals surface area contributed by atoms with Crippen LogP contribution in [0.4, 0.5) is 0 Å². The number of carbonyl (C=O) groups is 3. The summed E-state index contributed by atoms with van der Waals surface area (Å²) in [4.78, 5) is 36.5.